The molecule has 1 aromatic carbocycles. The SMILES string of the molecule is COc1ccc(NC(=O)Cc2csc(-c3ccsc3)n2)cc1Cl. The zero-order valence-electron chi connectivity index (χ0n) is 12.2. The smallest absolute Gasteiger partial charge is 0.230 e. The zero-order chi connectivity index (χ0) is 16.2. The maximum atomic E-state index is 12.1. The Balaban J connectivity index is 1.64. The second-order valence-corrected chi connectivity index (χ2v) is 6.78. The fraction of sp³-hybridized carbons (Fsp3) is 0.125. The molecule has 1 amide bonds. The average Bonchev–Trinajstić information content (AvgIpc) is 3.18. The molecule has 0 unspecified atom stereocenters. The van der Waals surface area contributed by atoms with E-state index in [1.54, 1.807) is 48.0 Å². The number of nitrogens with one attached hydrogen (secondary N) is 1. The molecule has 4 nitrogen and oxygen atoms in total. The molecule has 0 aliphatic heterocycles. The predicted octanol–water partition coefficient (Wildman–Crippen LogP) is 4.71. The van der Waals surface area contributed by atoms with Gasteiger partial charge in [-0.2, -0.15) is 11.3 Å². The van der Waals surface area contributed by atoms with Gasteiger partial charge in [0.1, 0.15) is 10.8 Å². The minimum atomic E-state index is -0.131. The molecule has 0 fully saturated rings. The summed E-state index contributed by atoms with van der Waals surface area (Å²) in [6.45, 7) is 0. The number of rotatable bonds is 5. The number of ether oxygens (including phenoxy) is 1. The first-order valence-electron chi connectivity index (χ1n) is 6.76. The van der Waals surface area contributed by atoms with Crippen LogP contribution in [-0.4, -0.2) is 18.0 Å². The van der Waals surface area contributed by atoms with Gasteiger partial charge in [0, 0.05) is 22.0 Å². The first-order chi connectivity index (χ1) is 11.2. The number of halogens is 1. The number of nitrogens with zero attached hydrogens (tertiary/aromatic N) is 1. The molecular formula is C16H13ClN2O2S2. The Labute approximate surface area is 146 Å². The molecule has 3 rings (SSSR count). The van der Waals surface area contributed by atoms with Gasteiger partial charge in [-0.15, -0.1) is 11.3 Å². The number of benzene rings is 1. The normalized spacial score (nSPS) is 10.5. The van der Waals surface area contributed by atoms with Gasteiger partial charge in [-0.1, -0.05) is 11.6 Å². The minimum absolute atomic E-state index is 0.131. The minimum Gasteiger partial charge on any atom is -0.495 e. The predicted molar refractivity (Wildman–Crippen MR) is 95.8 cm³/mol. The standard InChI is InChI=1S/C16H13ClN2O2S2/c1-21-14-3-2-11(6-13(14)17)18-15(20)7-12-9-23-16(19-12)10-4-5-22-8-10/h2-6,8-9H,7H2,1H3,(H,18,20). The van der Waals surface area contributed by atoms with Crippen LogP contribution >= 0.6 is 34.3 Å². The molecule has 2 heterocycles. The second-order valence-electron chi connectivity index (χ2n) is 4.73. The van der Waals surface area contributed by atoms with Gasteiger partial charge < -0.3 is 10.1 Å². The van der Waals surface area contributed by atoms with Crippen molar-refractivity contribution in [3.8, 4) is 16.3 Å². The lowest BCUT2D eigenvalue weighted by Crippen LogP contribution is -2.14. The van der Waals surface area contributed by atoms with Gasteiger partial charge in [-0.3, -0.25) is 4.79 Å². The van der Waals surface area contributed by atoms with Crippen molar-refractivity contribution in [3.63, 3.8) is 0 Å². The van der Waals surface area contributed by atoms with Crippen molar-refractivity contribution in [2.45, 2.75) is 6.42 Å². The van der Waals surface area contributed by atoms with Crippen molar-refractivity contribution < 1.29 is 9.53 Å². The molecule has 0 saturated heterocycles. The molecule has 0 atom stereocenters. The van der Waals surface area contributed by atoms with Crippen LogP contribution < -0.4 is 10.1 Å². The Morgan fingerprint density at radius 1 is 1.35 bits per heavy atom. The Hall–Kier alpha value is -1.89. The Morgan fingerprint density at radius 2 is 2.22 bits per heavy atom. The average molecular weight is 365 g/mol. The van der Waals surface area contributed by atoms with Crippen molar-refractivity contribution in [2.24, 2.45) is 0 Å². The van der Waals surface area contributed by atoms with Crippen LogP contribution in [-0.2, 0) is 11.2 Å². The highest BCUT2D eigenvalue weighted by Crippen LogP contribution is 2.28. The summed E-state index contributed by atoms with van der Waals surface area (Å²) in [5.41, 5.74) is 2.48. The van der Waals surface area contributed by atoms with Crippen LogP contribution in [0.2, 0.25) is 5.02 Å². The maximum absolute atomic E-state index is 12.1. The van der Waals surface area contributed by atoms with Crippen molar-refractivity contribution in [2.75, 3.05) is 12.4 Å². The summed E-state index contributed by atoms with van der Waals surface area (Å²) >= 11 is 9.22. The van der Waals surface area contributed by atoms with Crippen LogP contribution in [0.15, 0.2) is 40.4 Å². The van der Waals surface area contributed by atoms with E-state index in [1.807, 2.05) is 22.2 Å². The quantitative estimate of drug-likeness (QED) is 0.713. The summed E-state index contributed by atoms with van der Waals surface area (Å²) in [6.07, 6.45) is 0.226. The van der Waals surface area contributed by atoms with Gasteiger partial charge in [-0.25, -0.2) is 4.98 Å². The van der Waals surface area contributed by atoms with Crippen molar-refractivity contribution >= 4 is 45.9 Å². The fourth-order valence-electron chi connectivity index (χ4n) is 2.02. The second kappa shape index (κ2) is 7.12. The van der Waals surface area contributed by atoms with Crippen LogP contribution in [0.4, 0.5) is 5.69 Å². The highest BCUT2D eigenvalue weighted by atomic mass is 35.5. The van der Waals surface area contributed by atoms with Gasteiger partial charge in [0.15, 0.2) is 0 Å². The number of methoxy groups -OCH3 is 1. The molecule has 3 aromatic rings. The summed E-state index contributed by atoms with van der Waals surface area (Å²) in [5.74, 6) is 0.443. The lowest BCUT2D eigenvalue weighted by atomic mass is 10.2. The first kappa shape index (κ1) is 16.0. The Kier molecular flexibility index (Phi) is 4.95. The van der Waals surface area contributed by atoms with Crippen LogP contribution in [0.25, 0.3) is 10.6 Å². The van der Waals surface area contributed by atoms with E-state index < -0.39 is 0 Å². The van der Waals surface area contributed by atoms with E-state index in [1.165, 1.54) is 0 Å². The molecule has 1 N–H and O–H groups in total. The Bertz CT molecular complexity index is 815. The molecule has 118 valence electrons. The molecular weight excluding hydrogens is 352 g/mol. The molecule has 0 spiro atoms. The Morgan fingerprint density at radius 3 is 2.91 bits per heavy atom. The third-order valence-corrected chi connectivity index (χ3v) is 5.02. The van der Waals surface area contributed by atoms with Crippen LogP contribution in [0, 0.1) is 0 Å². The van der Waals surface area contributed by atoms with Crippen LogP contribution in [0.1, 0.15) is 5.69 Å². The van der Waals surface area contributed by atoms with Crippen molar-refractivity contribution in [1.82, 2.24) is 4.98 Å². The number of thiazole rings is 1. The molecule has 2 aromatic heterocycles. The van der Waals surface area contributed by atoms with Crippen LogP contribution in [0.5, 0.6) is 5.75 Å². The highest BCUT2D eigenvalue weighted by molar-refractivity contribution is 7.14. The van der Waals surface area contributed by atoms with E-state index >= 15 is 0 Å². The third kappa shape index (κ3) is 3.90. The van der Waals surface area contributed by atoms with Crippen LogP contribution in [0.3, 0.4) is 0 Å². The maximum Gasteiger partial charge on any atom is 0.230 e. The third-order valence-electron chi connectivity index (χ3n) is 3.10. The summed E-state index contributed by atoms with van der Waals surface area (Å²) in [7, 11) is 1.55. The topological polar surface area (TPSA) is 51.2 Å². The van der Waals surface area contributed by atoms with Gasteiger partial charge in [-0.05, 0) is 29.6 Å². The van der Waals surface area contributed by atoms with E-state index in [0.29, 0.717) is 16.5 Å². The molecule has 0 aliphatic carbocycles. The van der Waals surface area contributed by atoms with Gasteiger partial charge >= 0.3 is 0 Å². The molecule has 0 radical (unpaired) electrons. The number of amides is 1. The van der Waals surface area contributed by atoms with Gasteiger partial charge in [0.25, 0.3) is 0 Å². The number of aromatic nitrogens is 1. The number of thiophene rings is 1. The largest absolute Gasteiger partial charge is 0.495 e. The van der Waals surface area contributed by atoms with E-state index in [9.17, 15) is 4.79 Å². The number of hydrogen-bond acceptors (Lipinski definition) is 5. The van der Waals surface area contributed by atoms with E-state index in [0.717, 1.165) is 16.3 Å². The molecule has 0 aliphatic rings. The number of carbonyl (C=O) groups is 1. The van der Waals surface area contributed by atoms with Crippen molar-refractivity contribution in [1.29, 1.82) is 0 Å². The molecule has 0 bridgehead atoms. The summed E-state index contributed by atoms with van der Waals surface area (Å²) in [6, 6.07) is 7.15. The number of hydrogen-bond donors (Lipinski definition) is 1. The summed E-state index contributed by atoms with van der Waals surface area (Å²) < 4.78 is 5.09. The van der Waals surface area contributed by atoms with E-state index in [4.69, 9.17) is 16.3 Å². The lowest BCUT2D eigenvalue weighted by molar-refractivity contribution is -0.115. The monoisotopic (exact) mass is 364 g/mol. The first-order valence-corrected chi connectivity index (χ1v) is 8.96. The van der Waals surface area contributed by atoms with E-state index in [2.05, 4.69) is 10.3 Å². The summed E-state index contributed by atoms with van der Waals surface area (Å²) in [4.78, 5) is 16.6. The van der Waals surface area contributed by atoms with Crippen molar-refractivity contribution in [3.05, 3.63) is 51.1 Å². The molecule has 0 saturated carbocycles. The highest BCUT2D eigenvalue weighted by Gasteiger charge is 2.10. The number of carbonyl (C=O) groups excluding carboxylic acids is 1. The van der Waals surface area contributed by atoms with Gasteiger partial charge in [0.05, 0.1) is 24.2 Å². The zero-order valence-corrected chi connectivity index (χ0v) is 14.6. The van der Waals surface area contributed by atoms with E-state index in [-0.39, 0.29) is 12.3 Å². The fourth-order valence-corrected chi connectivity index (χ4v) is 3.81. The lowest BCUT2D eigenvalue weighted by Gasteiger charge is -2.07. The summed E-state index contributed by atoms with van der Waals surface area (Å²) in [5, 5.41) is 10.2. The molecule has 23 heavy (non-hydrogen) atoms. The van der Waals surface area contributed by atoms with Gasteiger partial charge in [0.2, 0.25) is 5.91 Å². The number of anilines is 1. The molecule has 7 heteroatoms.